The number of carbonyl (C=O) groups is 1. The lowest BCUT2D eigenvalue weighted by Crippen LogP contribution is -2.47. The molecule has 1 amide bonds. The molecule has 1 heterocycles. The summed E-state index contributed by atoms with van der Waals surface area (Å²) >= 11 is 0. The Morgan fingerprint density at radius 3 is 2.50 bits per heavy atom. The predicted molar refractivity (Wildman–Crippen MR) is 74.2 cm³/mol. The van der Waals surface area contributed by atoms with E-state index in [1.807, 2.05) is 13.8 Å². The lowest BCUT2D eigenvalue weighted by atomic mass is 10.0. The zero-order valence-corrected chi connectivity index (χ0v) is 12.9. The average Bonchev–Trinajstić information content (AvgIpc) is 2.78. The van der Waals surface area contributed by atoms with Crippen LogP contribution in [-0.4, -0.2) is 41.8 Å². The Kier molecular flexibility index (Phi) is 5.63. The maximum absolute atomic E-state index is 12.2. The van der Waals surface area contributed by atoms with Crippen molar-refractivity contribution < 1.29 is 13.2 Å². The van der Waals surface area contributed by atoms with Gasteiger partial charge in [-0.25, -0.2) is 18.1 Å². The minimum atomic E-state index is -3.45. The Morgan fingerprint density at radius 1 is 1.40 bits per heavy atom. The van der Waals surface area contributed by atoms with Gasteiger partial charge in [-0.2, -0.15) is 5.10 Å². The third kappa shape index (κ3) is 5.66. The van der Waals surface area contributed by atoms with E-state index in [0.717, 1.165) is 6.26 Å². The molecule has 0 aromatic carbocycles. The SMILES string of the molecule is CC(C)CC(NS(C)(=O)=O)C(=O)NC(C)c1ncn[nH]1. The van der Waals surface area contributed by atoms with Crippen LogP contribution in [0.5, 0.6) is 0 Å². The number of amides is 1. The van der Waals surface area contributed by atoms with Gasteiger partial charge in [0.1, 0.15) is 18.2 Å². The number of rotatable bonds is 7. The van der Waals surface area contributed by atoms with Crippen molar-refractivity contribution >= 4 is 15.9 Å². The molecule has 0 radical (unpaired) electrons. The van der Waals surface area contributed by atoms with E-state index in [9.17, 15) is 13.2 Å². The van der Waals surface area contributed by atoms with Crippen molar-refractivity contribution in [3.05, 3.63) is 12.2 Å². The van der Waals surface area contributed by atoms with Gasteiger partial charge in [0.25, 0.3) is 0 Å². The summed E-state index contributed by atoms with van der Waals surface area (Å²) in [4.78, 5) is 16.1. The summed E-state index contributed by atoms with van der Waals surface area (Å²) in [6.45, 7) is 5.58. The molecule has 1 aromatic heterocycles. The number of nitrogens with one attached hydrogen (secondary N) is 3. The van der Waals surface area contributed by atoms with E-state index >= 15 is 0 Å². The van der Waals surface area contributed by atoms with E-state index in [4.69, 9.17) is 0 Å². The molecule has 0 saturated carbocycles. The van der Waals surface area contributed by atoms with Crippen LogP contribution in [0.3, 0.4) is 0 Å². The quantitative estimate of drug-likeness (QED) is 0.652. The molecule has 1 aromatic rings. The predicted octanol–water partition coefficient (Wildman–Crippen LogP) is -0.0542. The molecule has 0 aliphatic heterocycles. The Hall–Kier alpha value is -1.48. The Balaban J connectivity index is 2.72. The first kappa shape index (κ1) is 16.6. The summed E-state index contributed by atoms with van der Waals surface area (Å²) < 4.78 is 25.0. The van der Waals surface area contributed by atoms with Crippen LogP contribution in [0.2, 0.25) is 0 Å². The van der Waals surface area contributed by atoms with Gasteiger partial charge in [0, 0.05) is 0 Å². The Bertz CT molecular complexity index is 526. The number of hydrogen-bond donors (Lipinski definition) is 3. The fraction of sp³-hybridized carbons (Fsp3) is 0.727. The molecule has 0 saturated heterocycles. The summed E-state index contributed by atoms with van der Waals surface area (Å²) in [6.07, 6.45) is 2.80. The number of aromatic amines is 1. The minimum absolute atomic E-state index is 0.181. The normalized spacial score (nSPS) is 15.1. The number of carbonyl (C=O) groups excluding carboxylic acids is 1. The van der Waals surface area contributed by atoms with Crippen LogP contribution in [0.15, 0.2) is 6.33 Å². The highest BCUT2D eigenvalue weighted by molar-refractivity contribution is 7.88. The van der Waals surface area contributed by atoms with Gasteiger partial charge in [0.15, 0.2) is 0 Å². The zero-order chi connectivity index (χ0) is 15.3. The smallest absolute Gasteiger partial charge is 0.238 e. The van der Waals surface area contributed by atoms with Crippen molar-refractivity contribution in [2.24, 2.45) is 5.92 Å². The van der Waals surface area contributed by atoms with E-state index < -0.39 is 16.1 Å². The number of sulfonamides is 1. The van der Waals surface area contributed by atoms with E-state index in [1.54, 1.807) is 6.92 Å². The zero-order valence-electron chi connectivity index (χ0n) is 12.0. The van der Waals surface area contributed by atoms with Crippen LogP contribution in [0.4, 0.5) is 0 Å². The maximum atomic E-state index is 12.2. The van der Waals surface area contributed by atoms with E-state index in [-0.39, 0.29) is 17.9 Å². The average molecular weight is 303 g/mol. The molecule has 0 aliphatic rings. The van der Waals surface area contributed by atoms with Gasteiger partial charge in [0.05, 0.1) is 12.3 Å². The standard InChI is InChI=1S/C11H21N5O3S/c1-7(2)5-9(16-20(4,18)19)11(17)14-8(3)10-12-6-13-15-10/h6-9,16H,5H2,1-4H3,(H,14,17)(H,12,13,15). The van der Waals surface area contributed by atoms with Gasteiger partial charge in [-0.3, -0.25) is 9.89 Å². The number of nitrogens with zero attached hydrogens (tertiary/aromatic N) is 2. The second-order valence-corrected chi connectivity index (χ2v) is 6.95. The van der Waals surface area contributed by atoms with Gasteiger partial charge in [-0.05, 0) is 19.3 Å². The fourth-order valence-electron chi connectivity index (χ4n) is 1.74. The fourth-order valence-corrected chi connectivity index (χ4v) is 2.46. The highest BCUT2D eigenvalue weighted by Crippen LogP contribution is 2.09. The van der Waals surface area contributed by atoms with Gasteiger partial charge in [-0.15, -0.1) is 0 Å². The summed E-state index contributed by atoms with van der Waals surface area (Å²) in [5.74, 6) is 0.314. The van der Waals surface area contributed by atoms with Crippen molar-refractivity contribution in [2.75, 3.05) is 6.26 Å². The molecule has 0 bridgehead atoms. The van der Waals surface area contributed by atoms with Crippen LogP contribution < -0.4 is 10.0 Å². The van der Waals surface area contributed by atoms with Crippen molar-refractivity contribution in [3.8, 4) is 0 Å². The van der Waals surface area contributed by atoms with Gasteiger partial charge < -0.3 is 5.32 Å². The summed E-state index contributed by atoms with van der Waals surface area (Å²) in [7, 11) is -3.45. The molecule has 2 atom stereocenters. The Morgan fingerprint density at radius 2 is 2.05 bits per heavy atom. The molecule has 0 spiro atoms. The topological polar surface area (TPSA) is 117 Å². The second-order valence-electron chi connectivity index (χ2n) is 5.17. The van der Waals surface area contributed by atoms with Crippen molar-refractivity contribution in [2.45, 2.75) is 39.3 Å². The highest BCUT2D eigenvalue weighted by atomic mass is 32.2. The molecule has 1 rings (SSSR count). The molecular formula is C11H21N5O3S. The maximum Gasteiger partial charge on any atom is 0.238 e. The van der Waals surface area contributed by atoms with Crippen molar-refractivity contribution in [1.29, 1.82) is 0 Å². The van der Waals surface area contributed by atoms with Crippen molar-refractivity contribution in [1.82, 2.24) is 25.2 Å². The first-order valence-electron chi connectivity index (χ1n) is 6.32. The molecule has 0 fully saturated rings. The molecular weight excluding hydrogens is 282 g/mol. The molecule has 8 nitrogen and oxygen atoms in total. The minimum Gasteiger partial charge on any atom is -0.345 e. The first-order valence-corrected chi connectivity index (χ1v) is 8.21. The summed E-state index contributed by atoms with van der Waals surface area (Å²) in [5, 5.41) is 9.07. The number of hydrogen-bond acceptors (Lipinski definition) is 5. The molecule has 114 valence electrons. The van der Waals surface area contributed by atoms with Crippen LogP contribution >= 0.6 is 0 Å². The highest BCUT2D eigenvalue weighted by Gasteiger charge is 2.25. The number of H-pyrrole nitrogens is 1. The third-order valence-electron chi connectivity index (χ3n) is 2.58. The van der Waals surface area contributed by atoms with Crippen molar-refractivity contribution in [3.63, 3.8) is 0 Å². The monoisotopic (exact) mass is 303 g/mol. The summed E-state index contributed by atoms with van der Waals surface area (Å²) in [5.41, 5.74) is 0. The second kappa shape index (κ2) is 6.80. The van der Waals surface area contributed by atoms with E-state index in [0.29, 0.717) is 12.2 Å². The van der Waals surface area contributed by atoms with E-state index in [2.05, 4.69) is 25.2 Å². The molecule has 3 N–H and O–H groups in total. The third-order valence-corrected chi connectivity index (χ3v) is 3.30. The van der Waals surface area contributed by atoms with Gasteiger partial charge in [0.2, 0.25) is 15.9 Å². The molecule has 9 heteroatoms. The van der Waals surface area contributed by atoms with E-state index in [1.165, 1.54) is 6.33 Å². The van der Waals surface area contributed by atoms with Gasteiger partial charge >= 0.3 is 0 Å². The lowest BCUT2D eigenvalue weighted by Gasteiger charge is -2.21. The largest absolute Gasteiger partial charge is 0.345 e. The first-order chi connectivity index (χ1) is 9.19. The molecule has 2 unspecified atom stereocenters. The molecule has 20 heavy (non-hydrogen) atoms. The van der Waals surface area contributed by atoms with Crippen LogP contribution in [0, 0.1) is 5.92 Å². The molecule has 0 aliphatic carbocycles. The lowest BCUT2D eigenvalue weighted by molar-refractivity contribution is -0.123. The summed E-state index contributed by atoms with van der Waals surface area (Å²) in [6, 6.07) is -1.17. The number of aromatic nitrogens is 3. The van der Waals surface area contributed by atoms with Crippen LogP contribution in [0.1, 0.15) is 39.1 Å². The Labute approximate surface area is 118 Å². The van der Waals surface area contributed by atoms with Gasteiger partial charge in [-0.1, -0.05) is 13.8 Å². The van der Waals surface area contributed by atoms with Crippen LogP contribution in [-0.2, 0) is 14.8 Å². The van der Waals surface area contributed by atoms with Crippen LogP contribution in [0.25, 0.3) is 0 Å².